The minimum Gasteiger partial charge on any atom is -0.466 e. The monoisotopic (exact) mass is 381 g/mol. The lowest BCUT2D eigenvalue weighted by Gasteiger charge is -2.42. The normalized spacial score (nSPS) is 13.3. The number of allylic oxidation sites excluding steroid dienone is 5. The third kappa shape index (κ3) is 9.95. The van der Waals surface area contributed by atoms with Crippen molar-refractivity contribution in [3.63, 3.8) is 0 Å². The van der Waals surface area contributed by atoms with E-state index < -0.39 is 5.41 Å². The number of hydrogen-bond donors (Lipinski definition) is 1. The minimum absolute atomic E-state index is 0.118. The minimum atomic E-state index is -0.536. The Bertz CT molecular complexity index is 457. The van der Waals surface area contributed by atoms with Crippen molar-refractivity contribution >= 4 is 5.97 Å². The topological polar surface area (TPSA) is 52.3 Å². The van der Waals surface area contributed by atoms with Gasteiger partial charge in [-0.05, 0) is 64.0 Å². The maximum Gasteiger partial charge on any atom is 0.312 e. The van der Waals surface area contributed by atoms with E-state index in [1.165, 1.54) is 12.6 Å². The molecule has 0 aliphatic carbocycles. The van der Waals surface area contributed by atoms with E-state index in [9.17, 15) is 4.79 Å². The highest BCUT2D eigenvalue weighted by Crippen LogP contribution is 2.47. The second kappa shape index (κ2) is 15.7. The van der Waals surface area contributed by atoms with Gasteiger partial charge in [-0.1, -0.05) is 72.4 Å². The predicted molar refractivity (Wildman–Crippen MR) is 122 cm³/mol. The Morgan fingerprint density at radius 3 is 1.96 bits per heavy atom. The number of esters is 1. The Morgan fingerprint density at radius 2 is 1.63 bits per heavy atom. The zero-order chi connectivity index (χ0) is 22.3. The number of nitrogens with two attached hydrogens (primary N) is 1. The molecule has 0 heterocycles. The van der Waals surface area contributed by atoms with Gasteiger partial charge in [-0.2, -0.15) is 0 Å². The summed E-state index contributed by atoms with van der Waals surface area (Å²) in [4.78, 5) is 12.4. The average molecular weight is 382 g/mol. The standard InChI is InChI=1S/C21H36O2.C2H6.CH5N/c1-10-13-17(14-11-2)18(16(4)5)15-20(6,7)21(8,9)19(22)23-12-3;2*1-2/h10-11,13-14,16,18H,1,12,15H2,2-9H3;1-2H3;2H2,1H3/b14-11-,17-13+;;. The van der Waals surface area contributed by atoms with Gasteiger partial charge in [0.05, 0.1) is 12.0 Å². The fourth-order valence-corrected chi connectivity index (χ4v) is 2.76. The highest BCUT2D eigenvalue weighted by atomic mass is 16.5. The van der Waals surface area contributed by atoms with Gasteiger partial charge < -0.3 is 10.5 Å². The van der Waals surface area contributed by atoms with Crippen LogP contribution in [0.15, 0.2) is 36.5 Å². The lowest BCUT2D eigenvalue weighted by molar-refractivity contribution is -0.161. The van der Waals surface area contributed by atoms with Crippen LogP contribution in [-0.2, 0) is 9.53 Å². The molecule has 1 unspecified atom stereocenters. The molecule has 3 nitrogen and oxygen atoms in total. The van der Waals surface area contributed by atoms with Crippen LogP contribution in [0.3, 0.4) is 0 Å². The molecule has 0 saturated heterocycles. The van der Waals surface area contributed by atoms with E-state index in [1.807, 2.05) is 47.6 Å². The van der Waals surface area contributed by atoms with Crippen LogP contribution >= 0.6 is 0 Å². The highest BCUT2D eigenvalue weighted by molar-refractivity contribution is 5.76. The molecule has 0 radical (unpaired) electrons. The fourth-order valence-electron chi connectivity index (χ4n) is 2.76. The Kier molecular flexibility index (Phi) is 17.6. The molecule has 0 aromatic rings. The number of rotatable bonds is 9. The smallest absolute Gasteiger partial charge is 0.312 e. The Labute approximate surface area is 170 Å². The van der Waals surface area contributed by atoms with Crippen LogP contribution in [0.5, 0.6) is 0 Å². The molecule has 0 aliphatic rings. The van der Waals surface area contributed by atoms with Crippen LogP contribution in [0.25, 0.3) is 0 Å². The van der Waals surface area contributed by atoms with Crippen molar-refractivity contribution in [3.05, 3.63) is 36.5 Å². The number of ether oxygens (including phenoxy) is 1. The van der Waals surface area contributed by atoms with E-state index in [0.29, 0.717) is 18.4 Å². The molecular formula is C24H47NO2. The Hall–Kier alpha value is -1.35. The Morgan fingerprint density at radius 1 is 1.15 bits per heavy atom. The first-order valence-corrected chi connectivity index (χ1v) is 10.2. The van der Waals surface area contributed by atoms with E-state index in [-0.39, 0.29) is 11.4 Å². The molecule has 1 atom stereocenters. The van der Waals surface area contributed by atoms with Crippen molar-refractivity contribution < 1.29 is 9.53 Å². The van der Waals surface area contributed by atoms with E-state index in [4.69, 9.17) is 4.74 Å². The average Bonchev–Trinajstić information content (AvgIpc) is 2.62. The second-order valence-electron chi connectivity index (χ2n) is 7.69. The molecule has 27 heavy (non-hydrogen) atoms. The van der Waals surface area contributed by atoms with Gasteiger partial charge in [0.25, 0.3) is 0 Å². The van der Waals surface area contributed by atoms with E-state index in [2.05, 4.69) is 58.2 Å². The molecule has 3 heteroatoms. The summed E-state index contributed by atoms with van der Waals surface area (Å²) in [6.07, 6.45) is 9.06. The largest absolute Gasteiger partial charge is 0.466 e. The van der Waals surface area contributed by atoms with Gasteiger partial charge in [-0.15, -0.1) is 0 Å². The van der Waals surface area contributed by atoms with Crippen molar-refractivity contribution in [1.29, 1.82) is 0 Å². The summed E-state index contributed by atoms with van der Waals surface area (Å²) in [6, 6.07) is 0. The van der Waals surface area contributed by atoms with E-state index >= 15 is 0 Å². The fraction of sp³-hybridized carbons (Fsp3) is 0.708. The molecule has 2 N–H and O–H groups in total. The number of carbonyl (C=O) groups excluding carboxylic acids is 1. The summed E-state index contributed by atoms with van der Waals surface area (Å²) in [5.74, 6) is 0.732. The molecule has 0 aromatic carbocycles. The van der Waals surface area contributed by atoms with Gasteiger partial charge in [0.15, 0.2) is 0 Å². The van der Waals surface area contributed by atoms with Crippen molar-refractivity contribution in [3.8, 4) is 0 Å². The molecule has 0 amide bonds. The number of hydrogen-bond acceptors (Lipinski definition) is 3. The molecule has 0 aromatic heterocycles. The molecule has 0 fully saturated rings. The third-order valence-electron chi connectivity index (χ3n) is 5.11. The van der Waals surface area contributed by atoms with Crippen molar-refractivity contribution in [2.24, 2.45) is 28.4 Å². The lowest BCUT2D eigenvalue weighted by atomic mass is 9.62. The SMILES string of the molecule is C=C/C=C(\C=C/C)C(CC(C)(C)C(C)(C)C(=O)OCC)C(C)C.CC.CN. The molecule has 0 bridgehead atoms. The highest BCUT2D eigenvalue weighted by Gasteiger charge is 2.45. The first-order valence-electron chi connectivity index (χ1n) is 10.2. The second-order valence-corrected chi connectivity index (χ2v) is 7.69. The van der Waals surface area contributed by atoms with Gasteiger partial charge >= 0.3 is 5.97 Å². The maximum absolute atomic E-state index is 12.4. The maximum atomic E-state index is 12.4. The van der Waals surface area contributed by atoms with Gasteiger partial charge in [0.1, 0.15) is 0 Å². The molecule has 0 saturated carbocycles. The van der Waals surface area contributed by atoms with Crippen LogP contribution in [-0.4, -0.2) is 19.6 Å². The van der Waals surface area contributed by atoms with Crippen molar-refractivity contribution in [1.82, 2.24) is 0 Å². The lowest BCUT2D eigenvalue weighted by Crippen LogP contribution is -2.42. The molecule has 0 rings (SSSR count). The third-order valence-corrected chi connectivity index (χ3v) is 5.11. The van der Waals surface area contributed by atoms with Gasteiger partial charge in [0.2, 0.25) is 0 Å². The number of carbonyl (C=O) groups is 1. The summed E-state index contributed by atoms with van der Waals surface area (Å²) in [5, 5.41) is 0. The van der Waals surface area contributed by atoms with Crippen LogP contribution < -0.4 is 5.73 Å². The predicted octanol–water partition coefficient (Wildman–Crippen LogP) is 6.55. The summed E-state index contributed by atoms with van der Waals surface area (Å²) in [7, 11) is 1.50. The van der Waals surface area contributed by atoms with E-state index in [1.54, 1.807) is 0 Å². The molecular weight excluding hydrogens is 334 g/mol. The summed E-state index contributed by atoms with van der Waals surface area (Å²) in [6.45, 7) is 24.9. The van der Waals surface area contributed by atoms with Gasteiger partial charge in [-0.25, -0.2) is 0 Å². The van der Waals surface area contributed by atoms with Crippen molar-refractivity contribution in [2.75, 3.05) is 13.7 Å². The summed E-state index contributed by atoms with van der Waals surface area (Å²) < 4.78 is 5.31. The zero-order valence-corrected chi connectivity index (χ0v) is 20.0. The van der Waals surface area contributed by atoms with Crippen LogP contribution in [0.2, 0.25) is 0 Å². The summed E-state index contributed by atoms with van der Waals surface area (Å²) >= 11 is 0. The van der Waals surface area contributed by atoms with E-state index in [0.717, 1.165) is 6.42 Å². The molecule has 0 spiro atoms. The van der Waals surface area contributed by atoms with Gasteiger partial charge in [-0.3, -0.25) is 4.79 Å². The van der Waals surface area contributed by atoms with Crippen LogP contribution in [0, 0.1) is 22.7 Å². The van der Waals surface area contributed by atoms with Crippen molar-refractivity contribution in [2.45, 2.75) is 75.7 Å². The van der Waals surface area contributed by atoms with Crippen LogP contribution in [0.4, 0.5) is 0 Å². The molecule has 0 aliphatic heterocycles. The quantitative estimate of drug-likeness (QED) is 0.364. The zero-order valence-electron chi connectivity index (χ0n) is 20.0. The first kappa shape index (κ1) is 30.4. The van der Waals surface area contributed by atoms with Crippen LogP contribution in [0.1, 0.15) is 75.7 Å². The molecule has 160 valence electrons. The summed E-state index contributed by atoms with van der Waals surface area (Å²) in [5.41, 5.74) is 5.05. The first-order chi connectivity index (χ1) is 12.5. The Balaban J connectivity index is -0.00000134. The van der Waals surface area contributed by atoms with Gasteiger partial charge in [0, 0.05) is 0 Å².